The Kier molecular flexibility index (Phi) is 4.94. The number of nitro groups is 1. The SMILES string of the molecule is O=C(NC(CS(=O)(=O)O)C(=O)O)c1ccccc1[N+](=O)[O-]. The molecule has 21 heavy (non-hydrogen) atoms. The van der Waals surface area contributed by atoms with Crippen LogP contribution in [0.1, 0.15) is 10.4 Å². The molecule has 0 heterocycles. The van der Waals surface area contributed by atoms with E-state index in [0.29, 0.717) is 0 Å². The molecule has 1 rings (SSSR count). The summed E-state index contributed by atoms with van der Waals surface area (Å²) in [7, 11) is -4.65. The fraction of sp³-hybridized carbons (Fsp3) is 0.200. The minimum atomic E-state index is -4.65. The first kappa shape index (κ1) is 16.5. The molecule has 1 atom stereocenters. The zero-order chi connectivity index (χ0) is 16.2. The van der Waals surface area contributed by atoms with Crippen LogP contribution in [0.25, 0.3) is 0 Å². The molecule has 1 aromatic carbocycles. The number of benzene rings is 1. The molecule has 0 aliphatic heterocycles. The summed E-state index contributed by atoms with van der Waals surface area (Å²) >= 11 is 0. The molecule has 1 unspecified atom stereocenters. The Morgan fingerprint density at radius 1 is 1.33 bits per heavy atom. The number of hydrogen-bond acceptors (Lipinski definition) is 6. The van der Waals surface area contributed by atoms with E-state index in [-0.39, 0.29) is 0 Å². The molecular formula is C10H10N2O8S. The van der Waals surface area contributed by atoms with Crippen LogP contribution in [-0.4, -0.2) is 46.7 Å². The van der Waals surface area contributed by atoms with E-state index in [1.807, 2.05) is 0 Å². The zero-order valence-electron chi connectivity index (χ0n) is 10.3. The van der Waals surface area contributed by atoms with Crippen molar-refractivity contribution in [3.8, 4) is 0 Å². The molecule has 0 aliphatic rings. The molecule has 1 aromatic rings. The van der Waals surface area contributed by atoms with Crippen molar-refractivity contribution >= 4 is 27.7 Å². The van der Waals surface area contributed by atoms with E-state index in [2.05, 4.69) is 0 Å². The van der Waals surface area contributed by atoms with Crippen molar-refractivity contribution in [2.45, 2.75) is 6.04 Å². The predicted molar refractivity (Wildman–Crippen MR) is 68.4 cm³/mol. The molecule has 0 saturated heterocycles. The highest BCUT2D eigenvalue weighted by Gasteiger charge is 2.28. The van der Waals surface area contributed by atoms with E-state index in [1.165, 1.54) is 12.1 Å². The maximum Gasteiger partial charge on any atom is 0.327 e. The quantitative estimate of drug-likeness (QED) is 0.364. The molecule has 0 aromatic heterocycles. The Labute approximate surface area is 118 Å². The van der Waals surface area contributed by atoms with Gasteiger partial charge in [0.2, 0.25) is 0 Å². The topological polar surface area (TPSA) is 164 Å². The van der Waals surface area contributed by atoms with Gasteiger partial charge in [-0.2, -0.15) is 8.42 Å². The molecule has 0 aliphatic carbocycles. The lowest BCUT2D eigenvalue weighted by Gasteiger charge is -2.12. The number of carbonyl (C=O) groups excluding carboxylic acids is 1. The Morgan fingerprint density at radius 3 is 2.38 bits per heavy atom. The lowest BCUT2D eigenvalue weighted by molar-refractivity contribution is -0.385. The molecule has 114 valence electrons. The van der Waals surface area contributed by atoms with E-state index in [9.17, 15) is 28.1 Å². The maximum atomic E-state index is 11.8. The molecule has 3 N–H and O–H groups in total. The number of carboxylic acid groups (broad SMARTS) is 1. The monoisotopic (exact) mass is 318 g/mol. The van der Waals surface area contributed by atoms with Gasteiger partial charge in [0.05, 0.1) is 4.92 Å². The first-order chi connectivity index (χ1) is 9.61. The van der Waals surface area contributed by atoms with Crippen molar-refractivity contribution in [3.05, 3.63) is 39.9 Å². The third-order valence-corrected chi connectivity index (χ3v) is 3.08. The summed E-state index contributed by atoms with van der Waals surface area (Å²) in [4.78, 5) is 32.6. The second kappa shape index (κ2) is 6.28. The van der Waals surface area contributed by atoms with Gasteiger partial charge in [0, 0.05) is 6.07 Å². The molecule has 0 radical (unpaired) electrons. The van der Waals surface area contributed by atoms with Crippen molar-refractivity contribution < 1.29 is 32.6 Å². The van der Waals surface area contributed by atoms with Crippen LogP contribution < -0.4 is 5.32 Å². The summed E-state index contributed by atoms with van der Waals surface area (Å²) < 4.78 is 30.0. The Balaban J connectivity index is 3.03. The molecule has 0 spiro atoms. The second-order valence-electron chi connectivity index (χ2n) is 3.89. The highest BCUT2D eigenvalue weighted by molar-refractivity contribution is 7.85. The van der Waals surface area contributed by atoms with Crippen LogP contribution in [0, 0.1) is 10.1 Å². The van der Waals surface area contributed by atoms with Gasteiger partial charge in [0.25, 0.3) is 21.7 Å². The molecule has 1 amide bonds. The lowest BCUT2D eigenvalue weighted by atomic mass is 10.1. The van der Waals surface area contributed by atoms with Gasteiger partial charge < -0.3 is 10.4 Å². The van der Waals surface area contributed by atoms with Crippen LogP contribution in [0.2, 0.25) is 0 Å². The van der Waals surface area contributed by atoms with E-state index in [1.54, 1.807) is 5.32 Å². The number of nitrogens with zero attached hydrogens (tertiary/aromatic N) is 1. The summed E-state index contributed by atoms with van der Waals surface area (Å²) in [6, 6.07) is 2.81. The number of rotatable bonds is 6. The zero-order valence-corrected chi connectivity index (χ0v) is 11.1. The number of amides is 1. The van der Waals surface area contributed by atoms with Crippen molar-refractivity contribution in [3.63, 3.8) is 0 Å². The smallest absolute Gasteiger partial charge is 0.327 e. The summed E-state index contributed by atoms with van der Waals surface area (Å²) in [6.45, 7) is 0. The third kappa shape index (κ3) is 4.81. The maximum absolute atomic E-state index is 11.8. The number of aliphatic carboxylic acids is 1. The second-order valence-corrected chi connectivity index (χ2v) is 5.38. The van der Waals surface area contributed by atoms with E-state index < -0.39 is 50.0 Å². The summed E-state index contributed by atoms with van der Waals surface area (Å²) in [6.07, 6.45) is 0. The third-order valence-electron chi connectivity index (χ3n) is 2.33. The Morgan fingerprint density at radius 2 is 1.90 bits per heavy atom. The first-order valence-corrected chi connectivity index (χ1v) is 6.95. The number of nitro benzene ring substituents is 1. The fourth-order valence-electron chi connectivity index (χ4n) is 1.45. The van der Waals surface area contributed by atoms with Crippen LogP contribution in [-0.2, 0) is 14.9 Å². The van der Waals surface area contributed by atoms with Crippen molar-refractivity contribution in [2.24, 2.45) is 0 Å². The molecule has 0 saturated carbocycles. The minimum Gasteiger partial charge on any atom is -0.480 e. The molecule has 11 heteroatoms. The number of hydrogen-bond donors (Lipinski definition) is 3. The highest BCUT2D eigenvalue weighted by atomic mass is 32.2. The number of carboxylic acids is 1. The van der Waals surface area contributed by atoms with Crippen LogP contribution in [0.15, 0.2) is 24.3 Å². The fourth-order valence-corrected chi connectivity index (χ4v) is 2.09. The van der Waals surface area contributed by atoms with E-state index in [4.69, 9.17) is 9.66 Å². The van der Waals surface area contributed by atoms with Gasteiger partial charge in [-0.05, 0) is 6.07 Å². The van der Waals surface area contributed by atoms with Gasteiger partial charge in [-0.3, -0.25) is 19.5 Å². The Bertz CT molecular complexity index is 684. The van der Waals surface area contributed by atoms with Crippen LogP contribution in [0.4, 0.5) is 5.69 Å². The summed E-state index contributed by atoms with van der Waals surface area (Å²) in [5.74, 6) is -4.10. The highest BCUT2D eigenvalue weighted by Crippen LogP contribution is 2.17. The molecule has 0 fully saturated rings. The largest absolute Gasteiger partial charge is 0.480 e. The van der Waals surface area contributed by atoms with Gasteiger partial charge in [-0.15, -0.1) is 0 Å². The van der Waals surface area contributed by atoms with Gasteiger partial charge in [-0.25, -0.2) is 4.79 Å². The standard InChI is InChI=1S/C10H10N2O8S/c13-9(6-3-1-2-4-8(6)12(16)17)11-7(10(14)15)5-21(18,19)20/h1-4,7H,5H2,(H,11,13)(H,14,15)(H,18,19,20). The van der Waals surface area contributed by atoms with E-state index >= 15 is 0 Å². The average Bonchev–Trinajstić information content (AvgIpc) is 2.36. The Hall–Kier alpha value is -2.53. The summed E-state index contributed by atoms with van der Waals surface area (Å²) in [5, 5.41) is 21.3. The van der Waals surface area contributed by atoms with Crippen molar-refractivity contribution in [2.75, 3.05) is 5.75 Å². The first-order valence-electron chi connectivity index (χ1n) is 5.34. The van der Waals surface area contributed by atoms with Gasteiger partial charge in [-0.1, -0.05) is 12.1 Å². The van der Waals surface area contributed by atoms with Gasteiger partial charge in [0.15, 0.2) is 0 Å². The molecular weight excluding hydrogens is 308 g/mol. The van der Waals surface area contributed by atoms with Crippen LogP contribution >= 0.6 is 0 Å². The lowest BCUT2D eigenvalue weighted by Crippen LogP contribution is -2.45. The number of carbonyl (C=O) groups is 2. The predicted octanol–water partition coefficient (Wildman–Crippen LogP) is -0.334. The van der Waals surface area contributed by atoms with Crippen LogP contribution in [0.5, 0.6) is 0 Å². The van der Waals surface area contributed by atoms with Gasteiger partial charge in [0.1, 0.15) is 17.4 Å². The van der Waals surface area contributed by atoms with E-state index in [0.717, 1.165) is 12.1 Å². The van der Waals surface area contributed by atoms with Crippen molar-refractivity contribution in [1.29, 1.82) is 0 Å². The minimum absolute atomic E-state index is 0.427. The molecule has 10 nitrogen and oxygen atoms in total. The van der Waals surface area contributed by atoms with Gasteiger partial charge >= 0.3 is 5.97 Å². The number of nitrogens with one attached hydrogen (secondary N) is 1. The molecule has 0 bridgehead atoms. The summed E-state index contributed by atoms with van der Waals surface area (Å²) in [5.41, 5.74) is -0.991. The van der Waals surface area contributed by atoms with Crippen molar-refractivity contribution in [1.82, 2.24) is 5.32 Å². The average molecular weight is 318 g/mol. The number of para-hydroxylation sites is 1. The normalized spacial score (nSPS) is 12.4. The van der Waals surface area contributed by atoms with Crippen LogP contribution in [0.3, 0.4) is 0 Å².